The van der Waals surface area contributed by atoms with Crippen LogP contribution in [0.3, 0.4) is 0 Å². The summed E-state index contributed by atoms with van der Waals surface area (Å²) in [6.45, 7) is 7.59. The Morgan fingerprint density at radius 1 is 0.909 bits per heavy atom. The van der Waals surface area contributed by atoms with E-state index in [-0.39, 0.29) is 4.90 Å². The van der Waals surface area contributed by atoms with Crippen molar-refractivity contribution in [3.63, 3.8) is 0 Å². The van der Waals surface area contributed by atoms with E-state index in [2.05, 4.69) is 24.9 Å². The predicted molar refractivity (Wildman–Crippen MR) is 131 cm³/mol. The number of hydrogen-bond acceptors (Lipinski definition) is 7. The molecule has 1 saturated heterocycles. The van der Waals surface area contributed by atoms with Gasteiger partial charge in [0.1, 0.15) is 11.6 Å². The highest BCUT2D eigenvalue weighted by Gasteiger charge is 2.20. The molecule has 0 amide bonds. The molecule has 0 spiro atoms. The van der Waals surface area contributed by atoms with Crippen LogP contribution in [0.15, 0.2) is 47.4 Å². The third-order valence-corrected chi connectivity index (χ3v) is 7.39. The monoisotopic (exact) mass is 467 g/mol. The molecule has 0 saturated carbocycles. The number of anilines is 4. The van der Waals surface area contributed by atoms with E-state index in [1.54, 1.807) is 50.4 Å². The lowest BCUT2D eigenvalue weighted by Crippen LogP contribution is -2.19. The van der Waals surface area contributed by atoms with Gasteiger partial charge in [-0.3, -0.25) is 4.72 Å². The van der Waals surface area contributed by atoms with E-state index in [9.17, 15) is 8.42 Å². The number of nitrogens with one attached hydrogen (secondary N) is 2. The highest BCUT2D eigenvalue weighted by atomic mass is 32.2. The van der Waals surface area contributed by atoms with E-state index in [1.807, 2.05) is 19.9 Å². The van der Waals surface area contributed by atoms with Gasteiger partial charge in [-0.2, -0.15) is 4.98 Å². The molecule has 0 unspecified atom stereocenters. The smallest absolute Gasteiger partial charge is 0.262 e. The van der Waals surface area contributed by atoms with Gasteiger partial charge in [-0.1, -0.05) is 0 Å². The highest BCUT2D eigenvalue weighted by molar-refractivity contribution is 7.92. The molecule has 3 aromatic rings. The Labute approximate surface area is 195 Å². The number of sulfonamides is 1. The van der Waals surface area contributed by atoms with Crippen molar-refractivity contribution < 1.29 is 13.2 Å². The molecule has 8 nitrogen and oxygen atoms in total. The van der Waals surface area contributed by atoms with E-state index in [1.165, 1.54) is 12.8 Å². The van der Waals surface area contributed by atoms with Crippen molar-refractivity contribution in [1.29, 1.82) is 0 Å². The molecular weight excluding hydrogens is 438 g/mol. The summed E-state index contributed by atoms with van der Waals surface area (Å²) in [7, 11) is -2.17. The van der Waals surface area contributed by atoms with Crippen molar-refractivity contribution in [3.05, 3.63) is 59.3 Å². The molecule has 1 aromatic heterocycles. The quantitative estimate of drug-likeness (QED) is 0.526. The van der Waals surface area contributed by atoms with Gasteiger partial charge in [-0.15, -0.1) is 0 Å². The maximum absolute atomic E-state index is 13.0. The lowest BCUT2D eigenvalue weighted by molar-refractivity contribution is 0.411. The first kappa shape index (κ1) is 22.8. The average molecular weight is 468 g/mol. The Hall–Kier alpha value is -3.33. The molecule has 1 aliphatic heterocycles. The summed E-state index contributed by atoms with van der Waals surface area (Å²) in [4.78, 5) is 11.6. The van der Waals surface area contributed by atoms with E-state index >= 15 is 0 Å². The maximum atomic E-state index is 13.0. The third kappa shape index (κ3) is 5.03. The number of aromatic nitrogens is 2. The molecule has 4 rings (SSSR count). The Morgan fingerprint density at radius 3 is 2.24 bits per heavy atom. The number of nitrogens with zero attached hydrogens (tertiary/aromatic N) is 3. The second-order valence-corrected chi connectivity index (χ2v) is 9.86. The van der Waals surface area contributed by atoms with Gasteiger partial charge in [0.2, 0.25) is 5.95 Å². The van der Waals surface area contributed by atoms with Crippen LogP contribution in [0.5, 0.6) is 5.75 Å². The fourth-order valence-electron chi connectivity index (χ4n) is 3.96. The van der Waals surface area contributed by atoms with Crippen LogP contribution in [0.25, 0.3) is 0 Å². The standard InChI is InChI=1S/C24H29N5O3S/c1-16-15-23(29-13-5-6-14-29)27-24(25-16)26-19-7-9-20(10-8-19)28-33(30,31)22-12-11-21(32-4)17(2)18(22)3/h7-12,15,28H,5-6,13-14H2,1-4H3,(H,25,26,27). The number of hydrogen-bond donors (Lipinski definition) is 2. The van der Waals surface area contributed by atoms with Crippen LogP contribution >= 0.6 is 0 Å². The molecule has 1 fully saturated rings. The second kappa shape index (κ2) is 9.27. The van der Waals surface area contributed by atoms with Gasteiger partial charge >= 0.3 is 0 Å². The molecule has 2 N–H and O–H groups in total. The summed E-state index contributed by atoms with van der Waals surface area (Å²) in [6.07, 6.45) is 2.36. The van der Waals surface area contributed by atoms with Gasteiger partial charge in [0.05, 0.1) is 12.0 Å². The van der Waals surface area contributed by atoms with Crippen molar-refractivity contribution in [2.45, 2.75) is 38.5 Å². The van der Waals surface area contributed by atoms with Gasteiger partial charge in [0.15, 0.2) is 0 Å². The van der Waals surface area contributed by atoms with Crippen LogP contribution in [0.1, 0.15) is 29.7 Å². The van der Waals surface area contributed by atoms with Crippen molar-refractivity contribution in [2.24, 2.45) is 0 Å². The number of rotatable bonds is 7. The fourth-order valence-corrected chi connectivity index (χ4v) is 5.32. The zero-order chi connectivity index (χ0) is 23.6. The molecule has 174 valence electrons. The predicted octanol–water partition coefficient (Wildman–Crippen LogP) is 4.56. The van der Waals surface area contributed by atoms with Crippen molar-refractivity contribution in [1.82, 2.24) is 9.97 Å². The number of aryl methyl sites for hydroxylation is 1. The van der Waals surface area contributed by atoms with Crippen LogP contribution in [-0.4, -0.2) is 38.6 Å². The Morgan fingerprint density at radius 2 is 1.58 bits per heavy atom. The Kier molecular flexibility index (Phi) is 6.42. The number of ether oxygens (including phenoxy) is 1. The largest absolute Gasteiger partial charge is 0.496 e. The summed E-state index contributed by atoms with van der Waals surface area (Å²) in [5.41, 5.74) is 3.59. The Balaban J connectivity index is 1.49. The molecule has 33 heavy (non-hydrogen) atoms. The molecular formula is C24H29N5O3S. The average Bonchev–Trinajstić information content (AvgIpc) is 3.31. The summed E-state index contributed by atoms with van der Waals surface area (Å²) >= 11 is 0. The van der Waals surface area contributed by atoms with Crippen LogP contribution in [0, 0.1) is 20.8 Å². The van der Waals surface area contributed by atoms with Crippen LogP contribution in [0.2, 0.25) is 0 Å². The van der Waals surface area contributed by atoms with Crippen molar-refractivity contribution >= 4 is 33.2 Å². The molecule has 0 bridgehead atoms. The number of benzene rings is 2. The van der Waals surface area contributed by atoms with Gasteiger partial charge in [0, 0.05) is 36.2 Å². The minimum atomic E-state index is -3.74. The zero-order valence-corrected chi connectivity index (χ0v) is 20.2. The lowest BCUT2D eigenvalue weighted by atomic mass is 10.1. The second-order valence-electron chi connectivity index (χ2n) is 8.21. The third-order valence-electron chi connectivity index (χ3n) is 5.86. The molecule has 0 aliphatic carbocycles. The first-order valence-electron chi connectivity index (χ1n) is 10.9. The minimum Gasteiger partial charge on any atom is -0.496 e. The van der Waals surface area contributed by atoms with Crippen molar-refractivity contribution in [3.8, 4) is 5.75 Å². The molecule has 0 atom stereocenters. The SMILES string of the molecule is COc1ccc(S(=O)(=O)Nc2ccc(Nc3nc(C)cc(N4CCCC4)n3)cc2)c(C)c1C. The molecule has 0 radical (unpaired) electrons. The van der Waals surface area contributed by atoms with Crippen LogP contribution in [-0.2, 0) is 10.0 Å². The molecule has 9 heteroatoms. The van der Waals surface area contributed by atoms with Gasteiger partial charge in [0.25, 0.3) is 10.0 Å². The maximum Gasteiger partial charge on any atom is 0.262 e. The van der Waals surface area contributed by atoms with Gasteiger partial charge in [-0.25, -0.2) is 13.4 Å². The first-order chi connectivity index (χ1) is 15.8. The number of methoxy groups -OCH3 is 1. The van der Waals surface area contributed by atoms with E-state index in [4.69, 9.17) is 4.74 Å². The van der Waals surface area contributed by atoms with E-state index < -0.39 is 10.0 Å². The normalized spacial score (nSPS) is 13.8. The Bertz CT molecular complexity index is 1250. The van der Waals surface area contributed by atoms with Crippen LogP contribution in [0.4, 0.5) is 23.1 Å². The summed E-state index contributed by atoms with van der Waals surface area (Å²) < 4.78 is 33.9. The molecule has 2 heterocycles. The van der Waals surface area contributed by atoms with E-state index in [0.29, 0.717) is 22.9 Å². The minimum absolute atomic E-state index is 0.227. The summed E-state index contributed by atoms with van der Waals surface area (Å²) in [5, 5.41) is 3.22. The highest BCUT2D eigenvalue weighted by Crippen LogP contribution is 2.29. The van der Waals surface area contributed by atoms with Crippen LogP contribution < -0.4 is 19.7 Å². The topological polar surface area (TPSA) is 96.5 Å². The summed E-state index contributed by atoms with van der Waals surface area (Å²) in [6, 6.07) is 12.2. The fraction of sp³-hybridized carbons (Fsp3) is 0.333. The van der Waals surface area contributed by atoms with Gasteiger partial charge in [-0.05, 0) is 81.1 Å². The molecule has 2 aromatic carbocycles. The lowest BCUT2D eigenvalue weighted by Gasteiger charge is -2.18. The van der Waals surface area contributed by atoms with E-state index in [0.717, 1.165) is 35.9 Å². The molecule has 1 aliphatic rings. The summed E-state index contributed by atoms with van der Waals surface area (Å²) in [5.74, 6) is 2.11. The first-order valence-corrected chi connectivity index (χ1v) is 12.4. The van der Waals surface area contributed by atoms with Gasteiger partial charge < -0.3 is 15.0 Å². The van der Waals surface area contributed by atoms with Crippen molar-refractivity contribution in [2.75, 3.05) is 35.1 Å². The zero-order valence-electron chi connectivity index (χ0n) is 19.3.